The summed E-state index contributed by atoms with van der Waals surface area (Å²) in [6, 6.07) is 3.47. The van der Waals surface area contributed by atoms with Gasteiger partial charge in [-0.1, -0.05) is 23.7 Å². The van der Waals surface area contributed by atoms with Crippen LogP contribution in [-0.4, -0.2) is 15.1 Å². The lowest BCUT2D eigenvalue weighted by Crippen LogP contribution is -2.04. The minimum absolute atomic E-state index is 0.439. The summed E-state index contributed by atoms with van der Waals surface area (Å²) in [5, 5.41) is 7.33. The van der Waals surface area contributed by atoms with E-state index < -0.39 is 0 Å². The Kier molecular flexibility index (Phi) is 3.36. The van der Waals surface area contributed by atoms with Gasteiger partial charge < -0.3 is 9.84 Å². The molecule has 0 saturated carbocycles. The normalized spacial score (nSPS) is 10.4. The third kappa shape index (κ3) is 2.70. The van der Waals surface area contributed by atoms with Gasteiger partial charge in [-0.05, 0) is 0 Å². The first-order chi connectivity index (χ1) is 7.78. The van der Waals surface area contributed by atoms with Crippen molar-refractivity contribution in [3.8, 4) is 0 Å². The van der Waals surface area contributed by atoms with Gasteiger partial charge in [0.15, 0.2) is 0 Å². The zero-order valence-electron chi connectivity index (χ0n) is 8.77. The average Bonchev–Trinajstić information content (AvgIpc) is 2.78. The standard InChI is InChI=1S/C10H11ClN4O/c1-2-9-13-8(11)5-10(14-9)12-6-7-3-4-16-15-7/h3-5H,2,6H2,1H3,(H,12,13,14). The maximum atomic E-state index is 5.86. The van der Waals surface area contributed by atoms with Crippen molar-refractivity contribution >= 4 is 17.4 Å². The number of aryl methyl sites for hydroxylation is 1. The van der Waals surface area contributed by atoms with Crippen LogP contribution in [-0.2, 0) is 13.0 Å². The molecule has 16 heavy (non-hydrogen) atoms. The topological polar surface area (TPSA) is 63.8 Å². The van der Waals surface area contributed by atoms with E-state index in [2.05, 4.69) is 20.4 Å². The van der Waals surface area contributed by atoms with Crippen molar-refractivity contribution in [3.63, 3.8) is 0 Å². The highest BCUT2D eigenvalue weighted by atomic mass is 35.5. The Morgan fingerprint density at radius 2 is 2.31 bits per heavy atom. The molecule has 0 unspecified atom stereocenters. The fourth-order valence-electron chi connectivity index (χ4n) is 1.22. The minimum Gasteiger partial charge on any atom is -0.364 e. The van der Waals surface area contributed by atoms with Crippen LogP contribution in [0, 0.1) is 0 Å². The molecular weight excluding hydrogens is 228 g/mol. The lowest BCUT2D eigenvalue weighted by Gasteiger charge is -2.05. The van der Waals surface area contributed by atoms with Crippen LogP contribution < -0.4 is 5.32 Å². The van der Waals surface area contributed by atoms with E-state index in [1.165, 1.54) is 6.26 Å². The molecule has 0 spiro atoms. The predicted molar refractivity (Wildman–Crippen MR) is 60.2 cm³/mol. The first-order valence-corrected chi connectivity index (χ1v) is 5.32. The zero-order valence-corrected chi connectivity index (χ0v) is 9.53. The molecule has 84 valence electrons. The molecule has 0 saturated heterocycles. The second-order valence-electron chi connectivity index (χ2n) is 3.19. The summed E-state index contributed by atoms with van der Waals surface area (Å²) in [7, 11) is 0. The lowest BCUT2D eigenvalue weighted by atomic mass is 10.4. The number of nitrogens with one attached hydrogen (secondary N) is 1. The number of nitrogens with zero attached hydrogens (tertiary/aromatic N) is 3. The van der Waals surface area contributed by atoms with Gasteiger partial charge in [-0.15, -0.1) is 0 Å². The van der Waals surface area contributed by atoms with Gasteiger partial charge in [0.25, 0.3) is 0 Å². The number of anilines is 1. The van der Waals surface area contributed by atoms with Crippen molar-refractivity contribution in [1.29, 1.82) is 0 Å². The molecule has 6 heteroatoms. The highest BCUT2D eigenvalue weighted by Gasteiger charge is 2.02. The van der Waals surface area contributed by atoms with Crippen molar-refractivity contribution < 1.29 is 4.52 Å². The van der Waals surface area contributed by atoms with Crippen molar-refractivity contribution in [3.05, 3.63) is 35.1 Å². The van der Waals surface area contributed by atoms with E-state index in [0.717, 1.165) is 17.9 Å². The molecule has 2 rings (SSSR count). The maximum Gasteiger partial charge on any atom is 0.134 e. The molecule has 0 aromatic carbocycles. The molecule has 0 fully saturated rings. The molecule has 0 aliphatic heterocycles. The molecule has 0 atom stereocenters. The Labute approximate surface area is 97.8 Å². The summed E-state index contributed by atoms with van der Waals surface area (Å²) in [6.07, 6.45) is 2.28. The van der Waals surface area contributed by atoms with Gasteiger partial charge in [0.05, 0.1) is 6.54 Å². The average molecular weight is 239 g/mol. The molecule has 5 nitrogen and oxygen atoms in total. The maximum absolute atomic E-state index is 5.86. The second kappa shape index (κ2) is 4.94. The Morgan fingerprint density at radius 1 is 1.44 bits per heavy atom. The number of hydrogen-bond donors (Lipinski definition) is 1. The van der Waals surface area contributed by atoms with Crippen LogP contribution in [0.25, 0.3) is 0 Å². The Bertz CT molecular complexity index is 458. The van der Waals surface area contributed by atoms with Crippen LogP contribution in [0.1, 0.15) is 18.4 Å². The summed E-state index contributed by atoms with van der Waals surface area (Å²) in [5.41, 5.74) is 0.813. The molecule has 0 bridgehead atoms. The number of hydrogen-bond acceptors (Lipinski definition) is 5. The molecule has 2 aromatic rings. The summed E-state index contributed by atoms with van der Waals surface area (Å²) in [5.74, 6) is 1.41. The molecule has 2 heterocycles. The van der Waals surface area contributed by atoms with Crippen LogP contribution in [0.2, 0.25) is 5.15 Å². The largest absolute Gasteiger partial charge is 0.364 e. The van der Waals surface area contributed by atoms with Gasteiger partial charge >= 0.3 is 0 Å². The summed E-state index contributed by atoms with van der Waals surface area (Å²) >= 11 is 5.86. The predicted octanol–water partition coefficient (Wildman–Crippen LogP) is 2.29. The summed E-state index contributed by atoms with van der Waals surface area (Å²) in [6.45, 7) is 2.53. The molecule has 0 amide bonds. The third-order valence-electron chi connectivity index (χ3n) is 2.00. The van der Waals surface area contributed by atoms with Crippen LogP contribution >= 0.6 is 11.6 Å². The Balaban J connectivity index is 2.06. The van der Waals surface area contributed by atoms with E-state index in [9.17, 15) is 0 Å². The van der Waals surface area contributed by atoms with E-state index in [1.807, 2.05) is 6.92 Å². The molecule has 2 aromatic heterocycles. The summed E-state index contributed by atoms with van der Waals surface area (Å²) in [4.78, 5) is 8.36. The number of rotatable bonds is 4. The summed E-state index contributed by atoms with van der Waals surface area (Å²) < 4.78 is 4.72. The van der Waals surface area contributed by atoms with Crippen molar-refractivity contribution in [2.75, 3.05) is 5.32 Å². The van der Waals surface area contributed by atoms with Gasteiger partial charge in [0.2, 0.25) is 0 Å². The Morgan fingerprint density at radius 3 is 3.00 bits per heavy atom. The van der Waals surface area contributed by atoms with Crippen LogP contribution in [0.4, 0.5) is 5.82 Å². The fraction of sp³-hybridized carbons (Fsp3) is 0.300. The van der Waals surface area contributed by atoms with E-state index in [1.54, 1.807) is 12.1 Å². The molecule has 0 radical (unpaired) electrons. The smallest absolute Gasteiger partial charge is 0.134 e. The van der Waals surface area contributed by atoms with Gasteiger partial charge in [0.1, 0.15) is 28.8 Å². The zero-order chi connectivity index (χ0) is 11.4. The highest BCUT2D eigenvalue weighted by Crippen LogP contribution is 2.12. The number of aromatic nitrogens is 3. The van der Waals surface area contributed by atoms with Gasteiger partial charge in [-0.2, -0.15) is 0 Å². The lowest BCUT2D eigenvalue weighted by molar-refractivity contribution is 0.412. The van der Waals surface area contributed by atoms with Gasteiger partial charge in [0, 0.05) is 18.6 Å². The first-order valence-electron chi connectivity index (χ1n) is 4.94. The van der Waals surface area contributed by atoms with Crippen LogP contribution in [0.5, 0.6) is 0 Å². The van der Waals surface area contributed by atoms with E-state index >= 15 is 0 Å². The third-order valence-corrected chi connectivity index (χ3v) is 2.19. The van der Waals surface area contributed by atoms with E-state index in [-0.39, 0.29) is 0 Å². The van der Waals surface area contributed by atoms with Crippen LogP contribution in [0.3, 0.4) is 0 Å². The van der Waals surface area contributed by atoms with Crippen molar-refractivity contribution in [1.82, 2.24) is 15.1 Å². The molecule has 0 aliphatic rings. The van der Waals surface area contributed by atoms with Crippen LogP contribution in [0.15, 0.2) is 22.9 Å². The van der Waals surface area contributed by atoms with E-state index in [0.29, 0.717) is 17.5 Å². The second-order valence-corrected chi connectivity index (χ2v) is 3.58. The SMILES string of the molecule is CCc1nc(Cl)cc(NCc2ccon2)n1. The van der Waals surface area contributed by atoms with Gasteiger partial charge in [-0.3, -0.25) is 0 Å². The first kappa shape index (κ1) is 10.9. The molecular formula is C10H11ClN4O. The quantitative estimate of drug-likeness (QED) is 0.828. The van der Waals surface area contributed by atoms with Gasteiger partial charge in [-0.25, -0.2) is 9.97 Å². The van der Waals surface area contributed by atoms with Crippen molar-refractivity contribution in [2.24, 2.45) is 0 Å². The molecule has 1 N–H and O–H groups in total. The molecule has 0 aliphatic carbocycles. The minimum atomic E-state index is 0.439. The van der Waals surface area contributed by atoms with E-state index in [4.69, 9.17) is 16.1 Å². The fourth-order valence-corrected chi connectivity index (χ4v) is 1.42. The monoisotopic (exact) mass is 238 g/mol. The highest BCUT2D eigenvalue weighted by molar-refractivity contribution is 6.29. The Hall–Kier alpha value is -1.62. The van der Waals surface area contributed by atoms with Crippen molar-refractivity contribution in [2.45, 2.75) is 19.9 Å². The number of halogens is 1.